The van der Waals surface area contributed by atoms with Gasteiger partial charge in [-0.25, -0.2) is 9.37 Å². The number of halogens is 4. The SMILES string of the molecule is O=C(COc1ccc(-c2cnc3[nH]ccc3c2)cc1F)Nc1ccc(CN2CCNCC2)c(C(F)(F)F)c1. The molecule has 2 aromatic carbocycles. The molecule has 0 atom stereocenters. The molecule has 0 radical (unpaired) electrons. The van der Waals surface area contributed by atoms with Gasteiger partial charge in [-0.1, -0.05) is 12.1 Å². The summed E-state index contributed by atoms with van der Waals surface area (Å²) < 4.78 is 61.2. The van der Waals surface area contributed by atoms with Crippen LogP contribution in [0.4, 0.5) is 23.2 Å². The van der Waals surface area contributed by atoms with Crippen LogP contribution in [-0.4, -0.2) is 53.6 Å². The second-order valence-corrected chi connectivity index (χ2v) is 9.02. The van der Waals surface area contributed by atoms with Crippen molar-refractivity contribution in [3.05, 3.63) is 77.9 Å². The molecule has 1 amide bonds. The Bertz CT molecular complexity index is 1450. The van der Waals surface area contributed by atoms with Gasteiger partial charge in [-0.05, 0) is 47.5 Å². The van der Waals surface area contributed by atoms with Crippen LogP contribution in [0.15, 0.2) is 60.9 Å². The highest BCUT2D eigenvalue weighted by molar-refractivity contribution is 5.92. The summed E-state index contributed by atoms with van der Waals surface area (Å²) in [6.45, 7) is 2.35. The molecule has 198 valence electrons. The highest BCUT2D eigenvalue weighted by Gasteiger charge is 2.34. The number of alkyl halides is 3. The van der Waals surface area contributed by atoms with Crippen molar-refractivity contribution in [2.45, 2.75) is 12.7 Å². The van der Waals surface area contributed by atoms with E-state index in [1.807, 2.05) is 17.0 Å². The highest BCUT2D eigenvalue weighted by Crippen LogP contribution is 2.34. The number of carbonyl (C=O) groups is 1. The quantitative estimate of drug-likeness (QED) is 0.301. The summed E-state index contributed by atoms with van der Waals surface area (Å²) in [5.74, 6) is -1.54. The van der Waals surface area contributed by atoms with Crippen molar-refractivity contribution in [3.8, 4) is 16.9 Å². The molecule has 11 heteroatoms. The molecule has 0 saturated carbocycles. The van der Waals surface area contributed by atoms with Crippen molar-refractivity contribution < 1.29 is 27.1 Å². The molecule has 38 heavy (non-hydrogen) atoms. The minimum absolute atomic E-state index is 0.0153. The normalized spacial score (nSPS) is 14.5. The van der Waals surface area contributed by atoms with Crippen molar-refractivity contribution >= 4 is 22.6 Å². The number of nitrogens with zero attached hydrogens (tertiary/aromatic N) is 2. The van der Waals surface area contributed by atoms with Gasteiger partial charge in [0.1, 0.15) is 5.65 Å². The first-order chi connectivity index (χ1) is 18.3. The Morgan fingerprint density at radius 3 is 2.63 bits per heavy atom. The number of hydrogen-bond donors (Lipinski definition) is 3. The van der Waals surface area contributed by atoms with E-state index in [0.717, 1.165) is 30.2 Å². The van der Waals surface area contributed by atoms with Gasteiger partial charge in [0.25, 0.3) is 5.91 Å². The monoisotopic (exact) mass is 527 g/mol. The van der Waals surface area contributed by atoms with Crippen molar-refractivity contribution in [1.29, 1.82) is 0 Å². The molecule has 3 heterocycles. The summed E-state index contributed by atoms with van der Waals surface area (Å²) in [6.07, 6.45) is -1.20. The number of pyridine rings is 1. The van der Waals surface area contributed by atoms with E-state index in [4.69, 9.17) is 4.74 Å². The van der Waals surface area contributed by atoms with Gasteiger partial charge in [0, 0.05) is 61.8 Å². The summed E-state index contributed by atoms with van der Waals surface area (Å²) >= 11 is 0. The predicted octanol–water partition coefficient (Wildman–Crippen LogP) is 4.81. The van der Waals surface area contributed by atoms with Crippen LogP contribution >= 0.6 is 0 Å². The molecule has 1 aliphatic heterocycles. The summed E-state index contributed by atoms with van der Waals surface area (Å²) in [7, 11) is 0. The number of amides is 1. The average molecular weight is 528 g/mol. The Morgan fingerprint density at radius 2 is 1.87 bits per heavy atom. The van der Waals surface area contributed by atoms with E-state index in [0.29, 0.717) is 24.2 Å². The summed E-state index contributed by atoms with van der Waals surface area (Å²) in [5.41, 5.74) is 1.33. The van der Waals surface area contributed by atoms with Crippen LogP contribution in [0.25, 0.3) is 22.2 Å². The van der Waals surface area contributed by atoms with E-state index >= 15 is 0 Å². The average Bonchev–Trinajstić information content (AvgIpc) is 3.37. The van der Waals surface area contributed by atoms with Crippen molar-refractivity contribution in [3.63, 3.8) is 0 Å². The molecule has 1 fully saturated rings. The van der Waals surface area contributed by atoms with E-state index in [1.165, 1.54) is 24.3 Å². The molecular formula is C27H25F4N5O2. The van der Waals surface area contributed by atoms with E-state index in [1.54, 1.807) is 18.5 Å². The largest absolute Gasteiger partial charge is 0.481 e. The second-order valence-electron chi connectivity index (χ2n) is 9.02. The number of fused-ring (bicyclic) bond motifs is 1. The fraction of sp³-hybridized carbons (Fsp3) is 0.259. The van der Waals surface area contributed by atoms with Crippen molar-refractivity contribution in [1.82, 2.24) is 20.2 Å². The Labute approximate surface area is 215 Å². The minimum atomic E-state index is -4.58. The van der Waals surface area contributed by atoms with Crippen LogP contribution in [-0.2, 0) is 17.5 Å². The molecule has 0 bridgehead atoms. The molecule has 1 aliphatic rings. The molecule has 0 spiro atoms. The summed E-state index contributed by atoms with van der Waals surface area (Å²) in [5, 5.41) is 6.45. The summed E-state index contributed by atoms with van der Waals surface area (Å²) in [6, 6.07) is 11.7. The first kappa shape index (κ1) is 25.7. The van der Waals surface area contributed by atoms with Gasteiger partial charge in [0.05, 0.1) is 5.56 Å². The third-order valence-corrected chi connectivity index (χ3v) is 6.33. The number of rotatable bonds is 7. The Balaban J connectivity index is 1.22. The van der Waals surface area contributed by atoms with Crippen molar-refractivity contribution in [2.75, 3.05) is 38.1 Å². The van der Waals surface area contributed by atoms with Crippen molar-refractivity contribution in [2.24, 2.45) is 0 Å². The van der Waals surface area contributed by atoms with Gasteiger partial charge >= 0.3 is 6.18 Å². The summed E-state index contributed by atoms with van der Waals surface area (Å²) in [4.78, 5) is 21.6. The molecule has 4 aromatic rings. The fourth-order valence-electron chi connectivity index (χ4n) is 4.40. The molecule has 1 saturated heterocycles. The zero-order chi connectivity index (χ0) is 26.7. The number of anilines is 1. The number of ether oxygens (including phenoxy) is 1. The van der Waals surface area contributed by atoms with Gasteiger partial charge < -0.3 is 20.4 Å². The van der Waals surface area contributed by atoms with Gasteiger partial charge in [-0.3, -0.25) is 9.69 Å². The highest BCUT2D eigenvalue weighted by atomic mass is 19.4. The van der Waals surface area contributed by atoms with E-state index in [-0.39, 0.29) is 23.5 Å². The van der Waals surface area contributed by atoms with E-state index in [2.05, 4.69) is 20.6 Å². The molecule has 3 N–H and O–H groups in total. The van der Waals surface area contributed by atoms with E-state index < -0.39 is 30.1 Å². The minimum Gasteiger partial charge on any atom is -0.481 e. The first-order valence-electron chi connectivity index (χ1n) is 12.1. The fourth-order valence-corrected chi connectivity index (χ4v) is 4.40. The maximum absolute atomic E-state index is 14.7. The van der Waals surface area contributed by atoms with Crippen LogP contribution in [0.3, 0.4) is 0 Å². The second kappa shape index (κ2) is 10.8. The lowest BCUT2D eigenvalue weighted by Gasteiger charge is -2.28. The van der Waals surface area contributed by atoms with Gasteiger partial charge in [0.15, 0.2) is 18.2 Å². The Morgan fingerprint density at radius 1 is 1.05 bits per heavy atom. The maximum atomic E-state index is 14.7. The van der Waals surface area contributed by atoms with Gasteiger partial charge in [0.2, 0.25) is 0 Å². The van der Waals surface area contributed by atoms with Crippen LogP contribution in [0, 0.1) is 5.82 Å². The number of benzene rings is 2. The molecular weight excluding hydrogens is 502 g/mol. The topological polar surface area (TPSA) is 82.3 Å². The molecule has 0 aliphatic carbocycles. The predicted molar refractivity (Wildman–Crippen MR) is 135 cm³/mol. The molecule has 0 unspecified atom stereocenters. The number of H-pyrrole nitrogens is 1. The molecule has 5 rings (SSSR count). The Kier molecular flexibility index (Phi) is 7.30. The molecule has 2 aromatic heterocycles. The van der Waals surface area contributed by atoms with Gasteiger partial charge in [-0.2, -0.15) is 13.2 Å². The number of hydrogen-bond acceptors (Lipinski definition) is 5. The zero-order valence-electron chi connectivity index (χ0n) is 20.2. The van der Waals surface area contributed by atoms with Crippen LogP contribution < -0.4 is 15.4 Å². The zero-order valence-corrected chi connectivity index (χ0v) is 20.2. The lowest BCUT2D eigenvalue weighted by atomic mass is 10.0. The molecule has 7 nitrogen and oxygen atoms in total. The Hall–Kier alpha value is -3.96. The third kappa shape index (κ3) is 5.95. The van der Waals surface area contributed by atoms with Gasteiger partial charge in [-0.15, -0.1) is 0 Å². The van der Waals surface area contributed by atoms with E-state index in [9.17, 15) is 22.4 Å². The van der Waals surface area contributed by atoms with Crippen LogP contribution in [0.5, 0.6) is 5.75 Å². The van der Waals surface area contributed by atoms with Crippen LogP contribution in [0.1, 0.15) is 11.1 Å². The van der Waals surface area contributed by atoms with Crippen LogP contribution in [0.2, 0.25) is 0 Å². The lowest BCUT2D eigenvalue weighted by Crippen LogP contribution is -2.43. The third-order valence-electron chi connectivity index (χ3n) is 6.33. The number of carbonyl (C=O) groups excluding carboxylic acids is 1. The lowest BCUT2D eigenvalue weighted by molar-refractivity contribution is -0.138. The first-order valence-corrected chi connectivity index (χ1v) is 12.1. The number of piperazine rings is 1. The maximum Gasteiger partial charge on any atom is 0.416 e. The smallest absolute Gasteiger partial charge is 0.416 e. The number of aromatic nitrogens is 2. The number of aromatic amines is 1. The standard InChI is InChI=1S/C27H25F4N5O2/c28-23-12-17(20-11-18-5-6-33-26(18)34-14-20)2-4-24(23)38-16-25(37)35-21-3-1-19(22(13-21)27(29,30)31)15-36-9-7-32-8-10-36/h1-6,11-14,32H,7-10,15-16H2,(H,33,34)(H,35,37). The number of nitrogens with one attached hydrogen (secondary N) is 3.